The molecule has 0 radical (unpaired) electrons. The van der Waals surface area contributed by atoms with E-state index in [2.05, 4.69) is 40.9 Å². The van der Waals surface area contributed by atoms with Crippen molar-refractivity contribution in [3.05, 3.63) is 35.4 Å². The summed E-state index contributed by atoms with van der Waals surface area (Å²) in [5, 5.41) is 12.4. The topological polar surface area (TPSA) is 61.8 Å². The highest BCUT2D eigenvalue weighted by atomic mass is 32.2. The molecule has 1 saturated heterocycles. The minimum absolute atomic E-state index is 0.159. The van der Waals surface area contributed by atoms with Crippen LogP contribution in [0, 0.1) is 0 Å². The monoisotopic (exact) mass is 279 g/mol. The van der Waals surface area contributed by atoms with E-state index in [1.54, 1.807) is 0 Å². The smallest absolute Gasteiger partial charge is 0.170 e. The van der Waals surface area contributed by atoms with E-state index < -0.39 is 0 Å². The van der Waals surface area contributed by atoms with Crippen LogP contribution < -0.4 is 5.73 Å². The molecule has 1 aliphatic rings. The summed E-state index contributed by atoms with van der Waals surface area (Å²) in [5.41, 5.74) is 7.58. The molecule has 1 unspecified atom stereocenters. The standard InChI is InChI=1S/C14H21N3OS/c1-2-13-10-17(7-8-19-13)9-11-3-5-12(6-4-11)14(15)16-18/h3-6,13,18H,2,7-10H2,1H3,(H2,15,16). The van der Waals surface area contributed by atoms with Gasteiger partial charge in [0.25, 0.3) is 0 Å². The van der Waals surface area contributed by atoms with Gasteiger partial charge in [-0.3, -0.25) is 4.90 Å². The number of oxime groups is 1. The number of thioether (sulfide) groups is 1. The van der Waals surface area contributed by atoms with Crippen LogP contribution in [0.5, 0.6) is 0 Å². The molecule has 0 bridgehead atoms. The first-order chi connectivity index (χ1) is 9.22. The van der Waals surface area contributed by atoms with Gasteiger partial charge in [-0.2, -0.15) is 11.8 Å². The summed E-state index contributed by atoms with van der Waals surface area (Å²) in [6.45, 7) is 5.56. The Kier molecular flexibility index (Phi) is 5.10. The van der Waals surface area contributed by atoms with E-state index in [0.29, 0.717) is 0 Å². The summed E-state index contributed by atoms with van der Waals surface area (Å²) < 4.78 is 0. The Hall–Kier alpha value is -1.20. The minimum Gasteiger partial charge on any atom is -0.409 e. The summed E-state index contributed by atoms with van der Waals surface area (Å²) in [4.78, 5) is 2.50. The van der Waals surface area contributed by atoms with Gasteiger partial charge in [0.2, 0.25) is 0 Å². The third kappa shape index (κ3) is 3.88. The fourth-order valence-electron chi connectivity index (χ4n) is 2.27. The maximum Gasteiger partial charge on any atom is 0.170 e. The van der Waals surface area contributed by atoms with Crippen molar-refractivity contribution in [2.24, 2.45) is 10.9 Å². The summed E-state index contributed by atoms with van der Waals surface area (Å²) in [7, 11) is 0. The second kappa shape index (κ2) is 6.82. The maximum absolute atomic E-state index is 8.63. The first kappa shape index (κ1) is 14.2. The van der Waals surface area contributed by atoms with Gasteiger partial charge in [0.15, 0.2) is 5.84 Å². The van der Waals surface area contributed by atoms with Crippen LogP contribution in [0.3, 0.4) is 0 Å². The average molecular weight is 279 g/mol. The Bertz CT molecular complexity index is 433. The molecule has 0 aromatic heterocycles. The average Bonchev–Trinajstić information content (AvgIpc) is 2.47. The molecule has 19 heavy (non-hydrogen) atoms. The van der Waals surface area contributed by atoms with Crippen molar-refractivity contribution >= 4 is 17.6 Å². The van der Waals surface area contributed by atoms with Crippen LogP contribution in [0.1, 0.15) is 24.5 Å². The van der Waals surface area contributed by atoms with Crippen LogP contribution in [0.15, 0.2) is 29.4 Å². The van der Waals surface area contributed by atoms with E-state index in [4.69, 9.17) is 10.9 Å². The van der Waals surface area contributed by atoms with Crippen LogP contribution in [0.4, 0.5) is 0 Å². The van der Waals surface area contributed by atoms with Gasteiger partial charge < -0.3 is 10.9 Å². The third-order valence-corrected chi connectivity index (χ3v) is 4.81. The van der Waals surface area contributed by atoms with E-state index >= 15 is 0 Å². The molecule has 0 spiro atoms. The number of nitrogens with zero attached hydrogens (tertiary/aromatic N) is 2. The van der Waals surface area contributed by atoms with Gasteiger partial charge >= 0.3 is 0 Å². The number of nitrogens with two attached hydrogens (primary N) is 1. The van der Waals surface area contributed by atoms with Crippen LogP contribution in [0.2, 0.25) is 0 Å². The molecule has 1 fully saturated rings. The Morgan fingerprint density at radius 2 is 2.21 bits per heavy atom. The minimum atomic E-state index is 0.159. The Balaban J connectivity index is 1.96. The lowest BCUT2D eigenvalue weighted by Crippen LogP contribution is -2.37. The molecular weight excluding hydrogens is 258 g/mol. The molecule has 0 saturated carbocycles. The third-order valence-electron chi connectivity index (χ3n) is 3.44. The van der Waals surface area contributed by atoms with Gasteiger partial charge in [0.1, 0.15) is 0 Å². The van der Waals surface area contributed by atoms with Crippen molar-refractivity contribution in [2.45, 2.75) is 25.1 Å². The molecule has 1 heterocycles. The molecule has 4 nitrogen and oxygen atoms in total. The van der Waals surface area contributed by atoms with Crippen LogP contribution >= 0.6 is 11.8 Å². The molecule has 1 atom stereocenters. The first-order valence-corrected chi connectivity index (χ1v) is 7.68. The highest BCUT2D eigenvalue weighted by molar-refractivity contribution is 8.00. The molecule has 0 amide bonds. The number of rotatable bonds is 4. The highest BCUT2D eigenvalue weighted by Crippen LogP contribution is 2.22. The SMILES string of the molecule is CCC1CN(Cc2ccc(/C(N)=N/O)cc2)CCS1. The summed E-state index contributed by atoms with van der Waals surface area (Å²) in [5.74, 6) is 1.38. The fourth-order valence-corrected chi connectivity index (χ4v) is 3.52. The van der Waals surface area contributed by atoms with E-state index in [-0.39, 0.29) is 5.84 Å². The lowest BCUT2D eigenvalue weighted by Gasteiger charge is -2.31. The Morgan fingerprint density at radius 1 is 1.47 bits per heavy atom. The van der Waals surface area contributed by atoms with Crippen molar-refractivity contribution in [1.29, 1.82) is 0 Å². The molecule has 104 valence electrons. The van der Waals surface area contributed by atoms with Gasteiger partial charge in [0.05, 0.1) is 0 Å². The lowest BCUT2D eigenvalue weighted by atomic mass is 10.1. The number of benzene rings is 1. The predicted molar refractivity (Wildman–Crippen MR) is 80.8 cm³/mol. The number of amidine groups is 1. The van der Waals surface area contributed by atoms with Gasteiger partial charge in [-0.25, -0.2) is 0 Å². The predicted octanol–water partition coefficient (Wildman–Crippen LogP) is 2.11. The van der Waals surface area contributed by atoms with Gasteiger partial charge in [-0.05, 0) is 12.0 Å². The zero-order valence-electron chi connectivity index (χ0n) is 11.2. The van der Waals surface area contributed by atoms with Crippen molar-refractivity contribution in [1.82, 2.24) is 4.90 Å². The summed E-state index contributed by atoms with van der Waals surface area (Å²) in [6, 6.07) is 7.91. The second-order valence-corrected chi connectivity index (χ2v) is 6.23. The van der Waals surface area contributed by atoms with Crippen LogP contribution in [0.25, 0.3) is 0 Å². The van der Waals surface area contributed by atoms with Crippen molar-refractivity contribution < 1.29 is 5.21 Å². The van der Waals surface area contributed by atoms with Crippen LogP contribution in [-0.4, -0.2) is 40.0 Å². The van der Waals surface area contributed by atoms with Crippen LogP contribution in [-0.2, 0) is 6.54 Å². The molecule has 1 aliphatic heterocycles. The summed E-state index contributed by atoms with van der Waals surface area (Å²) in [6.07, 6.45) is 1.24. The lowest BCUT2D eigenvalue weighted by molar-refractivity contribution is 0.273. The van der Waals surface area contributed by atoms with Crippen molar-refractivity contribution in [3.8, 4) is 0 Å². The highest BCUT2D eigenvalue weighted by Gasteiger charge is 2.18. The Labute approximate surface area is 118 Å². The van der Waals surface area contributed by atoms with E-state index in [9.17, 15) is 0 Å². The van der Waals surface area contributed by atoms with Gasteiger partial charge in [-0.1, -0.05) is 36.3 Å². The summed E-state index contributed by atoms with van der Waals surface area (Å²) >= 11 is 2.09. The zero-order valence-corrected chi connectivity index (χ0v) is 12.1. The van der Waals surface area contributed by atoms with E-state index in [1.807, 2.05) is 12.1 Å². The molecule has 3 N–H and O–H groups in total. The Morgan fingerprint density at radius 3 is 2.84 bits per heavy atom. The largest absolute Gasteiger partial charge is 0.409 e. The number of hydrogen-bond acceptors (Lipinski definition) is 4. The van der Waals surface area contributed by atoms with E-state index in [1.165, 1.54) is 24.3 Å². The molecule has 5 heteroatoms. The fraction of sp³-hybridized carbons (Fsp3) is 0.500. The normalized spacial score (nSPS) is 21.5. The van der Waals surface area contributed by atoms with Crippen molar-refractivity contribution in [2.75, 3.05) is 18.8 Å². The van der Waals surface area contributed by atoms with Crippen molar-refractivity contribution in [3.63, 3.8) is 0 Å². The molecule has 1 aromatic rings. The second-order valence-electron chi connectivity index (χ2n) is 4.82. The molecular formula is C14H21N3OS. The van der Waals surface area contributed by atoms with Gasteiger partial charge in [0, 0.05) is 36.2 Å². The number of hydrogen-bond donors (Lipinski definition) is 2. The molecule has 0 aliphatic carbocycles. The quantitative estimate of drug-likeness (QED) is 0.383. The molecule has 1 aromatic carbocycles. The maximum atomic E-state index is 8.63. The van der Waals surface area contributed by atoms with Gasteiger partial charge in [-0.15, -0.1) is 0 Å². The first-order valence-electron chi connectivity index (χ1n) is 6.63. The van der Waals surface area contributed by atoms with E-state index in [0.717, 1.165) is 23.9 Å². The zero-order chi connectivity index (χ0) is 13.7. The molecule has 2 rings (SSSR count).